The van der Waals surface area contributed by atoms with Crippen molar-refractivity contribution in [2.45, 2.75) is 17.9 Å². The SMILES string of the molecule is COc1ccccc1/C=C1/Sc2ccc(C(=O)NC(C)c3ccccc3)cc2N(C)C1=O. The number of hydrogen-bond donors (Lipinski definition) is 1. The fourth-order valence-electron chi connectivity index (χ4n) is 3.57. The molecule has 2 amide bonds. The van der Waals surface area contributed by atoms with Crippen LogP contribution in [0.1, 0.15) is 34.5 Å². The molecule has 0 bridgehead atoms. The number of anilines is 1. The Bertz CT molecular complexity index is 1190. The van der Waals surface area contributed by atoms with Crippen LogP contribution in [0.2, 0.25) is 0 Å². The van der Waals surface area contributed by atoms with E-state index >= 15 is 0 Å². The van der Waals surface area contributed by atoms with Crippen molar-refractivity contribution >= 4 is 35.3 Å². The number of ether oxygens (including phenoxy) is 1. The Morgan fingerprint density at radius 2 is 1.78 bits per heavy atom. The monoisotopic (exact) mass is 444 g/mol. The molecule has 0 radical (unpaired) electrons. The average Bonchev–Trinajstić information content (AvgIpc) is 2.83. The molecule has 0 saturated carbocycles. The van der Waals surface area contributed by atoms with Gasteiger partial charge in [0.2, 0.25) is 0 Å². The van der Waals surface area contributed by atoms with Crippen molar-refractivity contribution in [3.8, 4) is 5.75 Å². The van der Waals surface area contributed by atoms with Crippen LogP contribution >= 0.6 is 11.8 Å². The second kappa shape index (κ2) is 9.32. The maximum Gasteiger partial charge on any atom is 0.264 e. The third kappa shape index (κ3) is 4.41. The number of carbonyl (C=O) groups excluding carboxylic acids is 2. The Morgan fingerprint density at radius 1 is 1.06 bits per heavy atom. The zero-order valence-corrected chi connectivity index (χ0v) is 19.0. The molecule has 1 unspecified atom stereocenters. The molecule has 1 aliphatic rings. The van der Waals surface area contributed by atoms with Gasteiger partial charge in [-0.15, -0.1) is 0 Å². The smallest absolute Gasteiger partial charge is 0.264 e. The summed E-state index contributed by atoms with van der Waals surface area (Å²) in [5.41, 5.74) is 3.11. The maximum absolute atomic E-state index is 13.0. The summed E-state index contributed by atoms with van der Waals surface area (Å²) in [7, 11) is 3.34. The molecule has 0 spiro atoms. The number of amides is 2. The van der Waals surface area contributed by atoms with Crippen LogP contribution in [0.4, 0.5) is 5.69 Å². The van der Waals surface area contributed by atoms with Crippen molar-refractivity contribution in [3.05, 3.63) is 94.4 Å². The van der Waals surface area contributed by atoms with Gasteiger partial charge in [-0.3, -0.25) is 9.59 Å². The van der Waals surface area contributed by atoms with Gasteiger partial charge in [0.05, 0.1) is 23.7 Å². The predicted octanol–water partition coefficient (Wildman–Crippen LogP) is 5.30. The molecule has 0 saturated heterocycles. The molecule has 1 N–H and O–H groups in total. The van der Waals surface area contributed by atoms with Gasteiger partial charge in [-0.2, -0.15) is 0 Å². The number of benzene rings is 3. The molecular weight excluding hydrogens is 420 g/mol. The Hall–Kier alpha value is -3.51. The number of fused-ring (bicyclic) bond motifs is 1. The van der Waals surface area contributed by atoms with Crippen molar-refractivity contribution in [1.29, 1.82) is 0 Å². The van der Waals surface area contributed by atoms with E-state index in [-0.39, 0.29) is 17.9 Å². The summed E-state index contributed by atoms with van der Waals surface area (Å²) >= 11 is 1.40. The largest absolute Gasteiger partial charge is 0.496 e. The molecule has 3 aromatic carbocycles. The standard InChI is InChI=1S/C26H24N2O3S/c1-17(18-9-5-4-6-10-18)27-25(29)20-13-14-23-21(15-20)28(2)26(30)24(32-23)16-19-11-7-8-12-22(19)31-3/h4-17H,1-3H3,(H,27,29)/b24-16+. The number of thioether (sulfide) groups is 1. The van der Waals surface area contributed by atoms with E-state index in [0.717, 1.165) is 21.7 Å². The first kappa shape index (κ1) is 21.7. The third-order valence-corrected chi connectivity index (χ3v) is 6.47. The molecular formula is C26H24N2O3S. The van der Waals surface area contributed by atoms with Crippen molar-refractivity contribution in [2.75, 3.05) is 19.1 Å². The highest BCUT2D eigenvalue weighted by Crippen LogP contribution is 2.42. The lowest BCUT2D eigenvalue weighted by atomic mass is 10.1. The fraction of sp³-hybridized carbons (Fsp3) is 0.154. The lowest BCUT2D eigenvalue weighted by molar-refractivity contribution is -0.114. The summed E-state index contributed by atoms with van der Waals surface area (Å²) in [4.78, 5) is 29.0. The first-order chi connectivity index (χ1) is 15.5. The molecule has 5 nitrogen and oxygen atoms in total. The van der Waals surface area contributed by atoms with Gasteiger partial charge in [0.1, 0.15) is 5.75 Å². The lowest BCUT2D eigenvalue weighted by Gasteiger charge is -2.27. The third-order valence-electron chi connectivity index (χ3n) is 5.39. The second-order valence-corrected chi connectivity index (χ2v) is 8.59. The first-order valence-corrected chi connectivity index (χ1v) is 11.1. The van der Waals surface area contributed by atoms with E-state index < -0.39 is 0 Å². The highest BCUT2D eigenvalue weighted by Gasteiger charge is 2.28. The molecule has 1 atom stereocenters. The van der Waals surface area contributed by atoms with Crippen LogP contribution < -0.4 is 15.0 Å². The molecule has 0 aliphatic carbocycles. The van der Waals surface area contributed by atoms with Gasteiger partial charge in [0, 0.05) is 23.1 Å². The average molecular weight is 445 g/mol. The Balaban J connectivity index is 1.58. The molecule has 32 heavy (non-hydrogen) atoms. The van der Waals surface area contributed by atoms with Crippen LogP contribution in [0.15, 0.2) is 82.6 Å². The molecule has 1 heterocycles. The van der Waals surface area contributed by atoms with Crippen LogP contribution in [0.5, 0.6) is 5.75 Å². The summed E-state index contributed by atoms with van der Waals surface area (Å²) in [6, 6.07) is 22.7. The summed E-state index contributed by atoms with van der Waals surface area (Å²) in [5.74, 6) is 0.412. The molecule has 1 aliphatic heterocycles. The van der Waals surface area contributed by atoms with Crippen LogP contribution in [-0.4, -0.2) is 26.0 Å². The minimum absolute atomic E-state index is 0.121. The van der Waals surface area contributed by atoms with Crippen molar-refractivity contribution in [1.82, 2.24) is 5.32 Å². The van der Waals surface area contributed by atoms with E-state index in [1.165, 1.54) is 11.8 Å². The Kier molecular flexibility index (Phi) is 6.32. The zero-order chi connectivity index (χ0) is 22.7. The molecule has 6 heteroatoms. The van der Waals surface area contributed by atoms with E-state index in [2.05, 4.69) is 5.32 Å². The number of hydrogen-bond acceptors (Lipinski definition) is 4. The summed E-state index contributed by atoms with van der Waals surface area (Å²) in [6.07, 6.45) is 1.84. The highest BCUT2D eigenvalue weighted by molar-refractivity contribution is 8.04. The van der Waals surface area contributed by atoms with E-state index in [0.29, 0.717) is 16.2 Å². The van der Waals surface area contributed by atoms with Gasteiger partial charge in [0.25, 0.3) is 11.8 Å². The van der Waals surface area contributed by atoms with Gasteiger partial charge < -0.3 is 15.0 Å². The van der Waals surface area contributed by atoms with E-state index in [9.17, 15) is 9.59 Å². The van der Waals surface area contributed by atoms with Gasteiger partial charge in [-0.05, 0) is 42.8 Å². The summed E-state index contributed by atoms with van der Waals surface area (Å²) in [6.45, 7) is 1.95. The number of carbonyl (C=O) groups is 2. The Morgan fingerprint density at radius 3 is 2.53 bits per heavy atom. The normalized spacial score (nSPS) is 15.3. The number of methoxy groups -OCH3 is 1. The van der Waals surface area contributed by atoms with Crippen LogP contribution in [0.3, 0.4) is 0 Å². The molecule has 162 valence electrons. The van der Waals surface area contributed by atoms with Gasteiger partial charge in [-0.25, -0.2) is 0 Å². The minimum Gasteiger partial charge on any atom is -0.496 e. The van der Waals surface area contributed by atoms with E-state index in [1.807, 2.05) is 73.7 Å². The fourth-order valence-corrected chi connectivity index (χ4v) is 4.65. The maximum atomic E-state index is 13.0. The number of rotatable bonds is 5. The summed E-state index contributed by atoms with van der Waals surface area (Å²) < 4.78 is 5.40. The topological polar surface area (TPSA) is 58.6 Å². The summed E-state index contributed by atoms with van der Waals surface area (Å²) in [5, 5.41) is 3.02. The highest BCUT2D eigenvalue weighted by atomic mass is 32.2. The predicted molar refractivity (Wildman–Crippen MR) is 129 cm³/mol. The van der Waals surface area contributed by atoms with Crippen LogP contribution in [0, 0.1) is 0 Å². The van der Waals surface area contributed by atoms with Crippen molar-refractivity contribution in [3.63, 3.8) is 0 Å². The number of nitrogens with one attached hydrogen (secondary N) is 1. The zero-order valence-electron chi connectivity index (χ0n) is 18.2. The molecule has 0 fully saturated rings. The van der Waals surface area contributed by atoms with Gasteiger partial charge in [-0.1, -0.05) is 60.3 Å². The lowest BCUT2D eigenvalue weighted by Crippen LogP contribution is -2.31. The van der Waals surface area contributed by atoms with E-state index in [4.69, 9.17) is 4.74 Å². The molecule has 0 aromatic heterocycles. The number of para-hydroxylation sites is 1. The van der Waals surface area contributed by atoms with Crippen molar-refractivity contribution < 1.29 is 14.3 Å². The minimum atomic E-state index is -0.176. The van der Waals surface area contributed by atoms with Gasteiger partial charge in [0.15, 0.2) is 0 Å². The second-order valence-electron chi connectivity index (χ2n) is 7.51. The number of nitrogens with zero attached hydrogens (tertiary/aromatic N) is 1. The van der Waals surface area contributed by atoms with Crippen LogP contribution in [0.25, 0.3) is 6.08 Å². The first-order valence-electron chi connectivity index (χ1n) is 10.3. The molecule has 3 aromatic rings. The van der Waals surface area contributed by atoms with Gasteiger partial charge >= 0.3 is 0 Å². The quantitative estimate of drug-likeness (QED) is 0.543. The molecule has 4 rings (SSSR count). The number of likely N-dealkylation sites (N-methyl/N-ethyl adjacent to an activating group) is 1. The Labute approximate surface area is 192 Å². The van der Waals surface area contributed by atoms with Crippen molar-refractivity contribution in [2.24, 2.45) is 0 Å². The van der Waals surface area contributed by atoms with E-state index in [1.54, 1.807) is 31.2 Å². The van der Waals surface area contributed by atoms with Crippen LogP contribution in [-0.2, 0) is 4.79 Å².